The van der Waals surface area contributed by atoms with Crippen LogP contribution in [-0.2, 0) is 24.2 Å². The highest BCUT2D eigenvalue weighted by Gasteiger charge is 2.26. The summed E-state index contributed by atoms with van der Waals surface area (Å²) in [5, 5.41) is 15.7. The Hall–Kier alpha value is -3.31. The molecule has 1 aliphatic heterocycles. The van der Waals surface area contributed by atoms with Crippen LogP contribution in [0.5, 0.6) is 5.75 Å². The predicted molar refractivity (Wildman–Crippen MR) is 122 cm³/mol. The van der Waals surface area contributed by atoms with Gasteiger partial charge < -0.3 is 20.3 Å². The average Bonchev–Trinajstić information content (AvgIpc) is 3.10. The summed E-state index contributed by atoms with van der Waals surface area (Å²) < 4.78 is 5.59. The second-order valence-electron chi connectivity index (χ2n) is 6.95. The van der Waals surface area contributed by atoms with Crippen molar-refractivity contribution in [2.24, 2.45) is 0 Å². The number of benzene rings is 1. The van der Waals surface area contributed by atoms with Crippen molar-refractivity contribution in [2.75, 3.05) is 25.0 Å². The van der Waals surface area contributed by atoms with E-state index in [4.69, 9.17) is 4.74 Å². The summed E-state index contributed by atoms with van der Waals surface area (Å²) in [6.45, 7) is 6.00. The molecular weight excluding hydrogens is 412 g/mol. The molecule has 0 atom stereocenters. The first-order valence-electron chi connectivity index (χ1n) is 10.3. The van der Waals surface area contributed by atoms with Crippen LogP contribution >= 0.6 is 11.3 Å². The molecule has 2 N–H and O–H groups in total. The highest BCUT2D eigenvalue weighted by atomic mass is 32.1. The number of para-hydroxylation sites is 1. The number of carbonyl (C=O) groups is 2. The van der Waals surface area contributed by atoms with Gasteiger partial charge in [-0.15, -0.1) is 11.3 Å². The van der Waals surface area contributed by atoms with Gasteiger partial charge in [0.1, 0.15) is 10.8 Å². The summed E-state index contributed by atoms with van der Waals surface area (Å²) in [4.78, 5) is 27.5. The number of nitriles is 1. The molecule has 1 aromatic carbocycles. The maximum absolute atomic E-state index is 12.6. The molecule has 2 aromatic rings. The number of rotatable bonds is 7. The molecule has 3 amide bonds. The number of hydrogen-bond donors (Lipinski definition) is 2. The summed E-state index contributed by atoms with van der Waals surface area (Å²) in [6, 6.07) is 9.62. The van der Waals surface area contributed by atoms with Crippen molar-refractivity contribution < 1.29 is 14.3 Å². The van der Waals surface area contributed by atoms with Gasteiger partial charge in [0, 0.05) is 35.2 Å². The van der Waals surface area contributed by atoms with Crippen LogP contribution in [0.4, 0.5) is 9.80 Å². The van der Waals surface area contributed by atoms with E-state index in [1.165, 1.54) is 17.4 Å². The van der Waals surface area contributed by atoms with Gasteiger partial charge in [0.25, 0.3) is 0 Å². The Morgan fingerprint density at radius 1 is 1.32 bits per heavy atom. The van der Waals surface area contributed by atoms with E-state index in [2.05, 4.69) is 16.7 Å². The molecule has 3 rings (SSSR count). The van der Waals surface area contributed by atoms with Crippen LogP contribution in [0.1, 0.15) is 35.4 Å². The number of nitrogens with zero attached hydrogens (tertiary/aromatic N) is 2. The van der Waals surface area contributed by atoms with E-state index < -0.39 is 0 Å². The summed E-state index contributed by atoms with van der Waals surface area (Å²) in [6.07, 6.45) is 4.08. The maximum Gasteiger partial charge on any atom is 0.317 e. The van der Waals surface area contributed by atoms with Crippen molar-refractivity contribution in [1.82, 2.24) is 10.2 Å². The molecule has 0 fully saturated rings. The largest absolute Gasteiger partial charge is 0.493 e. The van der Waals surface area contributed by atoms with Crippen LogP contribution in [0, 0.1) is 11.3 Å². The molecule has 0 radical (unpaired) electrons. The van der Waals surface area contributed by atoms with E-state index in [1.807, 2.05) is 38.1 Å². The number of anilines is 1. The smallest absolute Gasteiger partial charge is 0.317 e. The summed E-state index contributed by atoms with van der Waals surface area (Å²) in [5.74, 6) is 0.445. The van der Waals surface area contributed by atoms with E-state index >= 15 is 0 Å². The Morgan fingerprint density at radius 2 is 2.13 bits per heavy atom. The zero-order valence-electron chi connectivity index (χ0n) is 17.7. The zero-order chi connectivity index (χ0) is 22.2. The third kappa shape index (κ3) is 5.44. The van der Waals surface area contributed by atoms with Gasteiger partial charge in [-0.05, 0) is 38.0 Å². The second kappa shape index (κ2) is 10.6. The lowest BCUT2D eigenvalue weighted by molar-refractivity contribution is -0.111. The number of nitrogens with one attached hydrogen (secondary N) is 2. The zero-order valence-corrected chi connectivity index (χ0v) is 18.6. The fourth-order valence-corrected chi connectivity index (χ4v) is 4.78. The van der Waals surface area contributed by atoms with E-state index in [-0.39, 0.29) is 18.4 Å². The molecule has 8 heteroatoms. The minimum Gasteiger partial charge on any atom is -0.493 e. The second-order valence-corrected chi connectivity index (χ2v) is 8.05. The Bertz CT molecular complexity index is 1020. The highest BCUT2D eigenvalue weighted by molar-refractivity contribution is 7.16. The van der Waals surface area contributed by atoms with Crippen molar-refractivity contribution in [3.63, 3.8) is 0 Å². The molecule has 162 valence electrons. The molecule has 2 heterocycles. The monoisotopic (exact) mass is 438 g/mol. The molecule has 0 unspecified atom stereocenters. The van der Waals surface area contributed by atoms with E-state index in [0.29, 0.717) is 37.7 Å². The van der Waals surface area contributed by atoms with Crippen molar-refractivity contribution >= 4 is 34.4 Å². The summed E-state index contributed by atoms with van der Waals surface area (Å²) >= 11 is 1.44. The number of fused-ring (bicyclic) bond motifs is 1. The first-order valence-corrected chi connectivity index (χ1v) is 11.1. The van der Waals surface area contributed by atoms with E-state index in [1.54, 1.807) is 11.0 Å². The fourth-order valence-electron chi connectivity index (χ4n) is 3.50. The van der Waals surface area contributed by atoms with Crippen LogP contribution in [0.15, 0.2) is 30.3 Å². The Morgan fingerprint density at radius 3 is 2.87 bits per heavy atom. The van der Waals surface area contributed by atoms with Crippen LogP contribution in [0.3, 0.4) is 0 Å². The molecular formula is C23H26N4O3S. The van der Waals surface area contributed by atoms with Crippen molar-refractivity contribution in [2.45, 2.75) is 33.2 Å². The molecule has 0 saturated heterocycles. The molecule has 0 saturated carbocycles. The van der Waals surface area contributed by atoms with Crippen molar-refractivity contribution in [1.29, 1.82) is 5.26 Å². The van der Waals surface area contributed by atoms with Gasteiger partial charge in [0.2, 0.25) is 5.91 Å². The van der Waals surface area contributed by atoms with Crippen LogP contribution in [0.25, 0.3) is 6.08 Å². The molecule has 1 aromatic heterocycles. The van der Waals surface area contributed by atoms with E-state index in [9.17, 15) is 14.9 Å². The molecule has 31 heavy (non-hydrogen) atoms. The SMILES string of the molecule is CCNC(=O)N1CCc2c(sc(NC(=O)/C=C/c3ccccc3OCC)c2CC#N)C1. The maximum atomic E-state index is 12.6. The van der Waals surface area contributed by atoms with E-state index in [0.717, 1.165) is 27.3 Å². The normalized spacial score (nSPS) is 12.9. The predicted octanol–water partition coefficient (Wildman–Crippen LogP) is 3.95. The number of hydrogen-bond acceptors (Lipinski definition) is 5. The number of amides is 3. The van der Waals surface area contributed by atoms with Crippen LogP contribution < -0.4 is 15.4 Å². The van der Waals surface area contributed by atoms with Gasteiger partial charge >= 0.3 is 6.03 Å². The average molecular weight is 439 g/mol. The number of carbonyl (C=O) groups excluding carboxylic acids is 2. The Kier molecular flexibility index (Phi) is 7.68. The minimum atomic E-state index is -0.273. The van der Waals surface area contributed by atoms with Gasteiger partial charge in [-0.1, -0.05) is 18.2 Å². The standard InChI is InChI=1S/C23H26N4O3S/c1-3-25-23(29)27-14-12-17-18(11-13-24)22(31-20(17)15-27)26-21(28)10-9-16-7-5-6-8-19(16)30-4-2/h5-10H,3-4,11-12,14-15H2,1-2H3,(H,25,29)(H,26,28)/b10-9+. The van der Waals surface area contributed by atoms with Crippen molar-refractivity contribution in [3.8, 4) is 11.8 Å². The van der Waals surface area contributed by atoms with Gasteiger partial charge in [0.15, 0.2) is 0 Å². The van der Waals surface area contributed by atoms with Crippen LogP contribution in [-0.4, -0.2) is 36.5 Å². The number of ether oxygens (including phenoxy) is 1. The molecule has 7 nitrogen and oxygen atoms in total. The quantitative estimate of drug-likeness (QED) is 0.640. The van der Waals surface area contributed by atoms with Gasteiger partial charge in [0.05, 0.1) is 25.6 Å². The fraction of sp³-hybridized carbons (Fsp3) is 0.348. The number of urea groups is 1. The summed E-state index contributed by atoms with van der Waals surface area (Å²) in [5.41, 5.74) is 2.75. The Labute approximate surface area is 186 Å². The lowest BCUT2D eigenvalue weighted by atomic mass is 10.0. The van der Waals surface area contributed by atoms with Crippen molar-refractivity contribution in [3.05, 3.63) is 51.9 Å². The molecule has 0 spiro atoms. The minimum absolute atomic E-state index is 0.0927. The van der Waals surface area contributed by atoms with Gasteiger partial charge in [-0.2, -0.15) is 5.26 Å². The van der Waals surface area contributed by atoms with Crippen LogP contribution in [0.2, 0.25) is 0 Å². The third-order valence-corrected chi connectivity index (χ3v) is 6.08. The topological polar surface area (TPSA) is 94.5 Å². The Balaban J connectivity index is 1.77. The summed E-state index contributed by atoms with van der Waals surface area (Å²) in [7, 11) is 0. The molecule has 1 aliphatic rings. The highest BCUT2D eigenvalue weighted by Crippen LogP contribution is 2.37. The first kappa shape index (κ1) is 22.4. The van der Waals surface area contributed by atoms with Gasteiger partial charge in [-0.25, -0.2) is 4.79 Å². The lowest BCUT2D eigenvalue weighted by Crippen LogP contribution is -2.42. The number of thiophene rings is 1. The first-order chi connectivity index (χ1) is 15.1. The molecule has 0 aliphatic carbocycles. The van der Waals surface area contributed by atoms with Gasteiger partial charge in [-0.3, -0.25) is 4.79 Å². The molecule has 0 bridgehead atoms. The lowest BCUT2D eigenvalue weighted by Gasteiger charge is -2.27. The third-order valence-electron chi connectivity index (χ3n) is 4.91.